The first-order valence-electron chi connectivity index (χ1n) is 10.8. The van der Waals surface area contributed by atoms with Crippen molar-refractivity contribution in [2.45, 2.75) is 45.1 Å². The van der Waals surface area contributed by atoms with Crippen LogP contribution >= 0.6 is 0 Å². The summed E-state index contributed by atoms with van der Waals surface area (Å²) < 4.78 is 74.3. The highest BCUT2D eigenvalue weighted by Crippen LogP contribution is 2.34. The molecule has 35 heavy (non-hydrogen) atoms. The number of carbonyl (C=O) groups excluding carboxylic acids is 1. The number of hydrogen-bond acceptors (Lipinski definition) is 4. The van der Waals surface area contributed by atoms with Crippen LogP contribution in [0.4, 0.5) is 32.0 Å². The maximum atomic E-state index is 12.7. The number of nitrogens with one attached hydrogen (secondary N) is 2. The lowest BCUT2D eigenvalue weighted by Gasteiger charge is -2.34. The standard InChI is InChI=1S/C15H18F3N3.C8H7F3N2O/c1-9-5-6-21(2)13(7-9)14-19-11-4-3-10(15(16,17)18)8-12(11)20-14;1-5(14)13-6-2-3-7(12-4-6)8(9,10)11/h3-4,8-9,13H,5-7H2,1-2H3,(H,19,20);2-4H,1H3,(H,13,14)/t9?,13-;/m1./s1. The fraction of sp³-hybridized carbons (Fsp3) is 0.435. The van der Waals surface area contributed by atoms with Crippen LogP contribution in [0.3, 0.4) is 0 Å². The topological polar surface area (TPSA) is 73.9 Å². The number of aromatic amines is 1. The van der Waals surface area contributed by atoms with Crippen molar-refractivity contribution in [2.24, 2.45) is 5.92 Å². The van der Waals surface area contributed by atoms with Crippen molar-refractivity contribution in [1.29, 1.82) is 0 Å². The van der Waals surface area contributed by atoms with E-state index < -0.39 is 23.6 Å². The number of hydrogen-bond donors (Lipinski definition) is 2. The Labute approximate surface area is 197 Å². The third kappa shape index (κ3) is 6.93. The van der Waals surface area contributed by atoms with Crippen molar-refractivity contribution in [2.75, 3.05) is 18.9 Å². The molecule has 3 aromatic rings. The number of pyridine rings is 1. The molecule has 12 heteroatoms. The number of likely N-dealkylation sites (tertiary alicyclic amines) is 1. The Balaban J connectivity index is 0.000000214. The van der Waals surface area contributed by atoms with Crippen LogP contribution < -0.4 is 5.32 Å². The SMILES string of the molecule is CC(=O)Nc1ccc(C(F)(F)F)nc1.CC1CCN(C)[C@@H](c2nc3ccc(C(F)(F)F)cc3[nH]2)C1. The number of carbonyl (C=O) groups is 1. The summed E-state index contributed by atoms with van der Waals surface area (Å²) in [4.78, 5) is 23.5. The molecule has 1 saturated heterocycles. The average molecular weight is 501 g/mol. The second kappa shape index (κ2) is 10.2. The molecule has 3 heterocycles. The fourth-order valence-electron chi connectivity index (χ4n) is 3.78. The van der Waals surface area contributed by atoms with Gasteiger partial charge in [-0.3, -0.25) is 9.69 Å². The Morgan fingerprint density at radius 3 is 2.40 bits per heavy atom. The van der Waals surface area contributed by atoms with Crippen LogP contribution in [0.1, 0.15) is 49.8 Å². The van der Waals surface area contributed by atoms with Crippen LogP contribution in [0.25, 0.3) is 11.0 Å². The lowest BCUT2D eigenvalue weighted by Crippen LogP contribution is -2.33. The minimum atomic E-state index is -4.45. The molecule has 0 saturated carbocycles. The Kier molecular flexibility index (Phi) is 7.73. The average Bonchev–Trinajstić information content (AvgIpc) is 3.18. The van der Waals surface area contributed by atoms with Gasteiger partial charge in [-0.2, -0.15) is 26.3 Å². The van der Waals surface area contributed by atoms with Crippen molar-refractivity contribution in [3.8, 4) is 0 Å². The highest BCUT2D eigenvalue weighted by Gasteiger charge is 2.33. The molecule has 1 unspecified atom stereocenters. The zero-order chi connectivity index (χ0) is 26.0. The Hall–Kier alpha value is -3.15. The number of aromatic nitrogens is 3. The number of imidazole rings is 1. The molecule has 0 spiro atoms. The van der Waals surface area contributed by atoms with Crippen molar-refractivity contribution in [3.63, 3.8) is 0 Å². The highest BCUT2D eigenvalue weighted by molar-refractivity contribution is 5.88. The Bertz CT molecular complexity index is 1160. The minimum absolute atomic E-state index is 0.149. The van der Waals surface area contributed by atoms with E-state index >= 15 is 0 Å². The van der Waals surface area contributed by atoms with Gasteiger partial charge in [-0.25, -0.2) is 9.97 Å². The van der Waals surface area contributed by atoms with Gasteiger partial charge in [0.15, 0.2) is 0 Å². The summed E-state index contributed by atoms with van der Waals surface area (Å²) in [7, 11) is 2.03. The van der Waals surface area contributed by atoms with Crippen LogP contribution in [-0.2, 0) is 17.1 Å². The van der Waals surface area contributed by atoms with E-state index in [2.05, 4.69) is 32.1 Å². The monoisotopic (exact) mass is 501 g/mol. The summed E-state index contributed by atoms with van der Waals surface area (Å²) in [6, 6.07) is 5.76. The predicted molar refractivity (Wildman–Crippen MR) is 118 cm³/mol. The number of halogens is 6. The Morgan fingerprint density at radius 2 is 1.83 bits per heavy atom. The Morgan fingerprint density at radius 1 is 1.11 bits per heavy atom. The first-order chi connectivity index (χ1) is 16.2. The second-order valence-electron chi connectivity index (χ2n) is 8.59. The summed E-state index contributed by atoms with van der Waals surface area (Å²) in [5, 5.41) is 2.31. The summed E-state index contributed by atoms with van der Waals surface area (Å²) >= 11 is 0. The van der Waals surface area contributed by atoms with Crippen LogP contribution in [0.5, 0.6) is 0 Å². The second-order valence-corrected chi connectivity index (χ2v) is 8.59. The van der Waals surface area contributed by atoms with Crippen LogP contribution in [0.2, 0.25) is 0 Å². The van der Waals surface area contributed by atoms with Gasteiger partial charge in [-0.1, -0.05) is 6.92 Å². The van der Waals surface area contributed by atoms with Gasteiger partial charge >= 0.3 is 12.4 Å². The molecule has 2 N–H and O–H groups in total. The number of piperidine rings is 1. The first-order valence-corrected chi connectivity index (χ1v) is 10.8. The zero-order valence-electron chi connectivity index (χ0n) is 19.3. The number of H-pyrrole nitrogens is 1. The van der Waals surface area contributed by atoms with Crippen molar-refractivity contribution in [3.05, 3.63) is 53.6 Å². The van der Waals surface area contributed by atoms with Crippen molar-refractivity contribution < 1.29 is 31.1 Å². The molecule has 6 nitrogen and oxygen atoms in total. The molecule has 1 aliphatic rings. The van der Waals surface area contributed by atoms with E-state index in [0.29, 0.717) is 17.0 Å². The molecule has 0 bridgehead atoms. The van der Waals surface area contributed by atoms with E-state index in [0.717, 1.165) is 55.7 Å². The van der Waals surface area contributed by atoms with E-state index in [1.54, 1.807) is 0 Å². The zero-order valence-corrected chi connectivity index (χ0v) is 19.3. The van der Waals surface area contributed by atoms with Gasteiger partial charge in [0.25, 0.3) is 0 Å². The van der Waals surface area contributed by atoms with E-state index in [4.69, 9.17) is 0 Å². The summed E-state index contributed by atoms with van der Waals surface area (Å²) in [5.41, 5.74) is -0.344. The largest absolute Gasteiger partial charge is 0.433 e. The van der Waals surface area contributed by atoms with Crippen LogP contribution in [0, 0.1) is 5.92 Å². The molecule has 1 amide bonds. The molecule has 0 aliphatic carbocycles. The maximum absolute atomic E-state index is 12.7. The van der Waals surface area contributed by atoms with Crippen LogP contribution in [-0.4, -0.2) is 39.4 Å². The molecule has 0 radical (unpaired) electrons. The highest BCUT2D eigenvalue weighted by atomic mass is 19.4. The summed E-state index contributed by atoms with van der Waals surface area (Å²) in [5.74, 6) is 1.01. The molecule has 190 valence electrons. The molecule has 1 aliphatic heterocycles. The van der Waals surface area contributed by atoms with Gasteiger partial charge in [0.1, 0.15) is 11.5 Å². The summed E-state index contributed by atoms with van der Waals surface area (Å²) in [6.45, 7) is 4.44. The quantitative estimate of drug-likeness (QED) is 0.420. The number of benzene rings is 1. The normalized spacial score (nSPS) is 19.2. The predicted octanol–water partition coefficient (Wildman–Crippen LogP) is 6.04. The van der Waals surface area contributed by atoms with Crippen molar-refractivity contribution >= 4 is 22.6 Å². The number of nitrogens with zero attached hydrogens (tertiary/aromatic N) is 3. The fourth-order valence-corrected chi connectivity index (χ4v) is 3.78. The number of alkyl halides is 6. The lowest BCUT2D eigenvalue weighted by molar-refractivity contribution is -0.141. The first kappa shape index (κ1) is 26.5. The van der Waals surface area contributed by atoms with E-state index in [9.17, 15) is 31.1 Å². The van der Waals surface area contributed by atoms with Crippen LogP contribution in [0.15, 0.2) is 36.5 Å². The number of fused-ring (bicyclic) bond motifs is 1. The molecular weight excluding hydrogens is 476 g/mol. The van der Waals surface area contributed by atoms with Gasteiger partial charge in [0.2, 0.25) is 5.91 Å². The smallest absolute Gasteiger partial charge is 0.341 e. The molecule has 1 aromatic carbocycles. The minimum Gasteiger partial charge on any atom is -0.341 e. The van der Waals surface area contributed by atoms with Gasteiger partial charge in [0.05, 0.1) is 34.5 Å². The van der Waals surface area contributed by atoms with Gasteiger partial charge in [-0.15, -0.1) is 0 Å². The maximum Gasteiger partial charge on any atom is 0.433 e. The van der Waals surface area contributed by atoms with Gasteiger partial charge < -0.3 is 10.3 Å². The number of rotatable bonds is 2. The van der Waals surface area contributed by atoms with E-state index in [1.165, 1.54) is 13.0 Å². The molecule has 4 rings (SSSR count). The molecule has 1 fully saturated rings. The molecule has 2 atom stereocenters. The molecule has 2 aromatic heterocycles. The van der Waals surface area contributed by atoms with Gasteiger partial charge in [0, 0.05) is 6.92 Å². The van der Waals surface area contributed by atoms with E-state index in [1.807, 2.05) is 7.05 Å². The third-order valence-electron chi connectivity index (χ3n) is 5.65. The number of amides is 1. The summed E-state index contributed by atoms with van der Waals surface area (Å²) in [6.07, 6.45) is -5.69. The lowest BCUT2D eigenvalue weighted by atomic mass is 9.92. The molecular formula is C23H25F6N5O. The number of anilines is 1. The van der Waals surface area contributed by atoms with Gasteiger partial charge in [-0.05, 0) is 62.7 Å². The van der Waals surface area contributed by atoms with E-state index in [-0.39, 0.29) is 17.6 Å². The van der Waals surface area contributed by atoms with Crippen molar-refractivity contribution in [1.82, 2.24) is 19.9 Å². The third-order valence-corrected chi connectivity index (χ3v) is 5.65.